The Morgan fingerprint density at radius 1 is 1.55 bits per heavy atom. The summed E-state index contributed by atoms with van der Waals surface area (Å²) in [6.45, 7) is 5.62. The summed E-state index contributed by atoms with van der Waals surface area (Å²) in [6, 6.07) is 6.27. The molecule has 0 aliphatic heterocycles. The fourth-order valence-electron chi connectivity index (χ4n) is 1.88. The number of benzene rings is 1. The Balaban J connectivity index is 2.66. The molecule has 1 aromatic rings. The first-order valence-corrected chi connectivity index (χ1v) is 6.90. The van der Waals surface area contributed by atoms with E-state index in [1.165, 1.54) is 12.1 Å². The molecule has 7 heteroatoms. The number of methoxy groups -OCH3 is 1. The normalized spacial score (nSPS) is 10.2. The van der Waals surface area contributed by atoms with E-state index in [-0.39, 0.29) is 18.1 Å². The second-order valence-corrected chi connectivity index (χ2v) is 4.66. The predicted molar refractivity (Wildman–Crippen MR) is 83.5 cm³/mol. The number of rotatable bonds is 10. The van der Waals surface area contributed by atoms with Gasteiger partial charge in [0.25, 0.3) is 5.69 Å². The van der Waals surface area contributed by atoms with Crippen LogP contribution in [0.2, 0.25) is 0 Å². The molecular formula is C15H21N3O4. The van der Waals surface area contributed by atoms with Gasteiger partial charge in [0.1, 0.15) is 0 Å². The van der Waals surface area contributed by atoms with E-state index >= 15 is 0 Å². The second-order valence-electron chi connectivity index (χ2n) is 4.66. The quantitative estimate of drug-likeness (QED) is 0.305. The molecule has 1 aromatic carbocycles. The van der Waals surface area contributed by atoms with Gasteiger partial charge in [0.15, 0.2) is 0 Å². The first kappa shape index (κ1) is 17.8. The molecule has 0 bridgehead atoms. The number of amides is 1. The van der Waals surface area contributed by atoms with Gasteiger partial charge in [-0.2, -0.15) is 0 Å². The van der Waals surface area contributed by atoms with E-state index in [2.05, 4.69) is 11.9 Å². The molecule has 1 N–H and O–H groups in total. The van der Waals surface area contributed by atoms with E-state index in [0.717, 1.165) is 0 Å². The molecule has 0 saturated carbocycles. The smallest absolute Gasteiger partial charge is 0.269 e. The number of carbonyl (C=O) groups excluding carboxylic acids is 1. The number of nitrogens with one attached hydrogen (secondary N) is 1. The summed E-state index contributed by atoms with van der Waals surface area (Å²) in [7, 11) is 1.59. The third-order valence-corrected chi connectivity index (χ3v) is 2.96. The van der Waals surface area contributed by atoms with Gasteiger partial charge in [-0.3, -0.25) is 14.9 Å². The van der Waals surface area contributed by atoms with E-state index in [4.69, 9.17) is 4.74 Å². The lowest BCUT2D eigenvalue weighted by molar-refractivity contribution is -0.384. The molecule has 120 valence electrons. The molecule has 0 heterocycles. The summed E-state index contributed by atoms with van der Waals surface area (Å²) >= 11 is 0. The first-order valence-electron chi connectivity index (χ1n) is 6.90. The van der Waals surface area contributed by atoms with Crippen LogP contribution >= 0.6 is 0 Å². The van der Waals surface area contributed by atoms with Crippen LogP contribution in [0.15, 0.2) is 36.9 Å². The molecular weight excluding hydrogens is 286 g/mol. The highest BCUT2D eigenvalue weighted by atomic mass is 16.6. The fourth-order valence-corrected chi connectivity index (χ4v) is 1.88. The Morgan fingerprint density at radius 2 is 2.32 bits per heavy atom. The number of hydrogen-bond donors (Lipinski definition) is 1. The monoisotopic (exact) mass is 307 g/mol. The fraction of sp³-hybridized carbons (Fsp3) is 0.400. The van der Waals surface area contributed by atoms with Crippen LogP contribution in [0.25, 0.3) is 0 Å². The van der Waals surface area contributed by atoms with Crippen LogP contribution in [0.5, 0.6) is 0 Å². The summed E-state index contributed by atoms with van der Waals surface area (Å²) in [5.74, 6) is -0.0949. The highest BCUT2D eigenvalue weighted by Gasteiger charge is 2.14. The van der Waals surface area contributed by atoms with Gasteiger partial charge in [-0.15, -0.1) is 6.58 Å². The van der Waals surface area contributed by atoms with E-state index in [0.29, 0.717) is 31.8 Å². The Labute approximate surface area is 129 Å². The average Bonchev–Trinajstić information content (AvgIpc) is 2.51. The van der Waals surface area contributed by atoms with Gasteiger partial charge in [0, 0.05) is 38.9 Å². The lowest BCUT2D eigenvalue weighted by atomic mass is 10.2. The van der Waals surface area contributed by atoms with Crippen molar-refractivity contribution in [1.82, 2.24) is 10.2 Å². The minimum absolute atomic E-state index is 0.0155. The van der Waals surface area contributed by atoms with Crippen molar-refractivity contribution >= 4 is 11.6 Å². The van der Waals surface area contributed by atoms with Crippen LogP contribution in [-0.4, -0.2) is 49.1 Å². The van der Waals surface area contributed by atoms with Gasteiger partial charge in [0.05, 0.1) is 18.1 Å². The minimum Gasteiger partial charge on any atom is -0.383 e. The summed E-state index contributed by atoms with van der Waals surface area (Å²) < 4.78 is 4.90. The average molecular weight is 307 g/mol. The maximum absolute atomic E-state index is 12.2. The molecule has 0 radical (unpaired) electrons. The van der Waals surface area contributed by atoms with Crippen molar-refractivity contribution in [3.05, 3.63) is 52.6 Å². The Morgan fingerprint density at radius 3 is 2.95 bits per heavy atom. The molecule has 0 aliphatic carbocycles. The van der Waals surface area contributed by atoms with Crippen molar-refractivity contribution in [3.63, 3.8) is 0 Å². The van der Waals surface area contributed by atoms with Crippen LogP contribution in [0.4, 0.5) is 5.69 Å². The zero-order valence-corrected chi connectivity index (χ0v) is 12.7. The van der Waals surface area contributed by atoms with Crippen LogP contribution in [0.3, 0.4) is 0 Å². The van der Waals surface area contributed by atoms with E-state index in [1.807, 2.05) is 0 Å². The van der Waals surface area contributed by atoms with E-state index < -0.39 is 4.92 Å². The molecule has 0 saturated heterocycles. The minimum atomic E-state index is -0.449. The van der Waals surface area contributed by atoms with Crippen molar-refractivity contribution in [2.75, 3.05) is 33.4 Å². The Bertz CT molecular complexity index is 519. The molecule has 0 aliphatic rings. The Kier molecular flexibility index (Phi) is 7.80. The van der Waals surface area contributed by atoms with Crippen LogP contribution in [-0.2, 0) is 16.1 Å². The van der Waals surface area contributed by atoms with Gasteiger partial charge >= 0.3 is 0 Å². The lowest BCUT2D eigenvalue weighted by Gasteiger charge is -2.21. The third kappa shape index (κ3) is 6.02. The van der Waals surface area contributed by atoms with Crippen molar-refractivity contribution < 1.29 is 14.5 Å². The second kappa shape index (κ2) is 9.64. The standard InChI is InChI=1S/C15H21N3O4/c1-3-8-17(15(19)11-16-7-9-22-2)12-13-5-4-6-14(10-13)18(20)21/h3-6,10,16H,1,7-9,11-12H2,2H3. The SMILES string of the molecule is C=CCN(Cc1cccc([N+](=O)[O-])c1)C(=O)CNCCOC. The molecule has 0 aromatic heterocycles. The van der Waals surface area contributed by atoms with Gasteiger partial charge < -0.3 is 15.0 Å². The molecule has 22 heavy (non-hydrogen) atoms. The third-order valence-electron chi connectivity index (χ3n) is 2.96. The number of nitro groups is 1. The van der Waals surface area contributed by atoms with Gasteiger partial charge in [0.2, 0.25) is 5.91 Å². The molecule has 0 spiro atoms. The largest absolute Gasteiger partial charge is 0.383 e. The Hall–Kier alpha value is -2.25. The predicted octanol–water partition coefficient (Wildman–Crippen LogP) is 1.35. The zero-order valence-electron chi connectivity index (χ0n) is 12.7. The number of ether oxygens (including phenoxy) is 1. The number of carbonyl (C=O) groups is 1. The highest BCUT2D eigenvalue weighted by molar-refractivity contribution is 5.78. The number of nitrogens with zero attached hydrogens (tertiary/aromatic N) is 2. The number of nitro benzene ring substituents is 1. The maximum Gasteiger partial charge on any atom is 0.269 e. The van der Waals surface area contributed by atoms with Gasteiger partial charge in [-0.05, 0) is 5.56 Å². The highest BCUT2D eigenvalue weighted by Crippen LogP contribution is 2.14. The number of non-ortho nitro benzene ring substituents is 1. The van der Waals surface area contributed by atoms with Crippen LogP contribution < -0.4 is 5.32 Å². The van der Waals surface area contributed by atoms with Crippen LogP contribution in [0.1, 0.15) is 5.56 Å². The topological polar surface area (TPSA) is 84.7 Å². The zero-order chi connectivity index (χ0) is 16.4. The van der Waals surface area contributed by atoms with Gasteiger partial charge in [-0.25, -0.2) is 0 Å². The molecule has 0 fully saturated rings. The molecule has 1 amide bonds. The van der Waals surface area contributed by atoms with Gasteiger partial charge in [-0.1, -0.05) is 18.2 Å². The summed E-state index contributed by atoms with van der Waals surface area (Å²) in [5, 5.41) is 13.8. The summed E-state index contributed by atoms with van der Waals surface area (Å²) in [6.07, 6.45) is 1.63. The molecule has 1 rings (SSSR count). The van der Waals surface area contributed by atoms with Crippen molar-refractivity contribution in [1.29, 1.82) is 0 Å². The van der Waals surface area contributed by atoms with Crippen molar-refractivity contribution in [2.45, 2.75) is 6.54 Å². The number of hydrogen-bond acceptors (Lipinski definition) is 5. The summed E-state index contributed by atoms with van der Waals surface area (Å²) in [5.41, 5.74) is 0.725. The van der Waals surface area contributed by atoms with Crippen molar-refractivity contribution in [2.24, 2.45) is 0 Å². The maximum atomic E-state index is 12.2. The molecule has 0 atom stereocenters. The molecule has 0 unspecified atom stereocenters. The first-order chi connectivity index (χ1) is 10.6. The van der Waals surface area contributed by atoms with E-state index in [9.17, 15) is 14.9 Å². The summed E-state index contributed by atoms with van der Waals surface area (Å²) in [4.78, 5) is 24.1. The van der Waals surface area contributed by atoms with Crippen molar-refractivity contribution in [3.8, 4) is 0 Å². The molecule has 7 nitrogen and oxygen atoms in total. The van der Waals surface area contributed by atoms with E-state index in [1.54, 1.807) is 30.2 Å². The lowest BCUT2D eigenvalue weighted by Crippen LogP contribution is -2.38. The van der Waals surface area contributed by atoms with Crippen LogP contribution in [0, 0.1) is 10.1 Å².